The molecule has 0 N–H and O–H groups in total. The van der Waals surface area contributed by atoms with Crippen LogP contribution in [0.2, 0.25) is 0 Å². The highest BCUT2D eigenvalue weighted by atomic mass is 14.6. The van der Waals surface area contributed by atoms with Crippen LogP contribution in [0, 0.1) is 34.5 Å². The summed E-state index contributed by atoms with van der Waals surface area (Å²) in [6, 6.07) is 0. The first-order chi connectivity index (χ1) is 9.63. The van der Waals surface area contributed by atoms with Crippen molar-refractivity contribution in [3.8, 4) is 0 Å². The Bertz CT molecular complexity index is 437. The maximum atomic E-state index is 2.62. The van der Waals surface area contributed by atoms with Crippen LogP contribution in [0.1, 0.15) is 65.2 Å². The predicted molar refractivity (Wildman–Crippen MR) is 85.4 cm³/mol. The van der Waals surface area contributed by atoms with Crippen molar-refractivity contribution < 1.29 is 0 Å². The summed E-state index contributed by atoms with van der Waals surface area (Å²) in [5, 5.41) is 0. The maximum absolute atomic E-state index is 2.62. The van der Waals surface area contributed by atoms with E-state index in [0.29, 0.717) is 5.41 Å². The van der Waals surface area contributed by atoms with E-state index in [9.17, 15) is 0 Å². The van der Waals surface area contributed by atoms with E-state index < -0.39 is 0 Å². The molecule has 0 bridgehead atoms. The average molecular weight is 270 g/mol. The van der Waals surface area contributed by atoms with Crippen molar-refractivity contribution in [2.24, 2.45) is 34.5 Å². The van der Waals surface area contributed by atoms with E-state index in [2.05, 4.69) is 38.2 Å². The summed E-state index contributed by atoms with van der Waals surface area (Å²) in [6.07, 6.45) is 22.2. The molecule has 4 rings (SSSR count). The van der Waals surface area contributed by atoms with Gasteiger partial charge in [-0.2, -0.15) is 0 Å². The van der Waals surface area contributed by atoms with E-state index in [1.54, 1.807) is 0 Å². The van der Waals surface area contributed by atoms with Crippen molar-refractivity contribution in [3.63, 3.8) is 0 Å². The van der Waals surface area contributed by atoms with E-state index in [-0.39, 0.29) is 0 Å². The van der Waals surface area contributed by atoms with Gasteiger partial charge in [-0.25, -0.2) is 0 Å². The summed E-state index contributed by atoms with van der Waals surface area (Å²) in [6.45, 7) is 5.05. The minimum atomic E-state index is 0.451. The van der Waals surface area contributed by atoms with Crippen molar-refractivity contribution in [1.29, 1.82) is 0 Å². The van der Waals surface area contributed by atoms with Gasteiger partial charge in [0, 0.05) is 0 Å². The average Bonchev–Trinajstić information content (AvgIpc) is 2.88. The molecule has 5 atom stereocenters. The minimum absolute atomic E-state index is 0.451. The zero-order chi connectivity index (χ0) is 13.8. The predicted octanol–water partition coefficient (Wildman–Crippen LogP) is 5.75. The molecule has 0 heterocycles. The molecule has 0 aliphatic heterocycles. The lowest BCUT2D eigenvalue weighted by Crippen LogP contribution is -2.48. The lowest BCUT2D eigenvalue weighted by Gasteiger charge is -2.55. The third kappa shape index (κ3) is 1.79. The molecule has 0 aromatic rings. The van der Waals surface area contributed by atoms with E-state index in [1.165, 1.54) is 51.4 Å². The third-order valence-corrected chi connectivity index (χ3v) is 7.52. The van der Waals surface area contributed by atoms with Crippen LogP contribution in [0.3, 0.4) is 0 Å². The second kappa shape index (κ2) is 4.49. The zero-order valence-corrected chi connectivity index (χ0v) is 13.3. The van der Waals surface area contributed by atoms with Gasteiger partial charge >= 0.3 is 0 Å². The van der Waals surface area contributed by atoms with Crippen molar-refractivity contribution >= 4 is 0 Å². The largest absolute Gasteiger partial charge is 0.0877 e. The number of rotatable bonds is 0. The van der Waals surface area contributed by atoms with Crippen molar-refractivity contribution in [2.45, 2.75) is 65.2 Å². The molecule has 0 heteroatoms. The van der Waals surface area contributed by atoms with Gasteiger partial charge in [-0.15, -0.1) is 0 Å². The van der Waals surface area contributed by atoms with Gasteiger partial charge in [0.25, 0.3) is 0 Å². The number of hydrogen-bond acceptors (Lipinski definition) is 0. The van der Waals surface area contributed by atoms with E-state index in [0.717, 1.165) is 29.1 Å². The highest BCUT2D eigenvalue weighted by Crippen LogP contribution is 2.61. The van der Waals surface area contributed by atoms with E-state index in [1.807, 2.05) is 0 Å². The normalized spacial score (nSPS) is 49.1. The Morgan fingerprint density at radius 3 is 2.65 bits per heavy atom. The first-order valence-corrected chi connectivity index (χ1v) is 8.99. The Kier molecular flexibility index (Phi) is 2.95. The molecule has 4 aliphatic carbocycles. The summed E-state index contributed by atoms with van der Waals surface area (Å²) in [4.78, 5) is 0. The molecule has 0 aromatic carbocycles. The molecular formula is C20H30. The van der Waals surface area contributed by atoms with Gasteiger partial charge in [0.15, 0.2) is 0 Å². The molecule has 0 unspecified atom stereocenters. The van der Waals surface area contributed by atoms with E-state index in [4.69, 9.17) is 0 Å². The monoisotopic (exact) mass is 270 g/mol. The van der Waals surface area contributed by atoms with Crippen LogP contribution in [0.5, 0.6) is 0 Å². The van der Waals surface area contributed by atoms with Crippen LogP contribution < -0.4 is 0 Å². The Hall–Kier alpha value is -0.520. The van der Waals surface area contributed by atoms with Gasteiger partial charge in [-0.3, -0.25) is 0 Å². The fourth-order valence-corrected chi connectivity index (χ4v) is 6.32. The number of fused-ring (bicyclic) bond motifs is 3. The molecule has 20 heavy (non-hydrogen) atoms. The smallest absolute Gasteiger partial charge is 0.00471 e. The molecule has 0 aromatic heterocycles. The standard InChI is InChI=1S/C20H30/c1-15-6-5-10-19(2)17(15)8-7-16-9-13-20(14-18(16)19)11-3-4-12-20/h5,7-8,10,15-18H,3-4,6,9,11-14H2,1-2H3/t15-,16-,17-,18+,19-/m0/s1. The lowest BCUT2D eigenvalue weighted by atomic mass is 9.49. The fraction of sp³-hybridized carbons (Fsp3) is 0.800. The first-order valence-electron chi connectivity index (χ1n) is 8.99. The molecule has 110 valence electrons. The zero-order valence-electron chi connectivity index (χ0n) is 13.3. The second-order valence-electron chi connectivity index (χ2n) is 8.61. The minimum Gasteiger partial charge on any atom is -0.0877 e. The Balaban J connectivity index is 1.69. The molecule has 2 saturated carbocycles. The van der Waals surface area contributed by atoms with Crippen LogP contribution in [0.15, 0.2) is 24.3 Å². The molecule has 0 nitrogen and oxygen atoms in total. The van der Waals surface area contributed by atoms with Crippen LogP contribution in [-0.2, 0) is 0 Å². The molecule has 0 amide bonds. The van der Waals surface area contributed by atoms with Gasteiger partial charge in [-0.05, 0) is 73.0 Å². The third-order valence-electron chi connectivity index (χ3n) is 7.52. The van der Waals surface area contributed by atoms with Gasteiger partial charge in [0.1, 0.15) is 0 Å². The number of hydrogen-bond donors (Lipinski definition) is 0. The van der Waals surface area contributed by atoms with Gasteiger partial charge in [-0.1, -0.05) is 51.0 Å². The Morgan fingerprint density at radius 2 is 1.85 bits per heavy atom. The Morgan fingerprint density at radius 1 is 1.05 bits per heavy atom. The molecule has 4 aliphatic rings. The highest BCUT2D eigenvalue weighted by molar-refractivity contribution is 5.22. The lowest BCUT2D eigenvalue weighted by molar-refractivity contribution is 0.00206. The van der Waals surface area contributed by atoms with Gasteiger partial charge in [0.05, 0.1) is 0 Å². The molecule has 2 fully saturated rings. The van der Waals surface area contributed by atoms with Crippen LogP contribution in [-0.4, -0.2) is 0 Å². The van der Waals surface area contributed by atoms with Crippen LogP contribution >= 0.6 is 0 Å². The van der Waals surface area contributed by atoms with Crippen LogP contribution in [0.4, 0.5) is 0 Å². The summed E-state index contributed by atoms with van der Waals surface area (Å²) in [5.41, 5.74) is 1.20. The van der Waals surface area contributed by atoms with Crippen molar-refractivity contribution in [2.75, 3.05) is 0 Å². The molecule has 0 radical (unpaired) electrons. The summed E-state index contributed by atoms with van der Waals surface area (Å²) in [7, 11) is 0. The highest BCUT2D eigenvalue weighted by Gasteiger charge is 2.52. The number of allylic oxidation sites excluding steroid dienone is 4. The SMILES string of the molecule is C[C@H]1CC=C[C@]2(C)[C@@H]3CC4(CCCC4)CC[C@@H]3C=C[C@@H]12. The quantitative estimate of drug-likeness (QED) is 0.491. The van der Waals surface area contributed by atoms with Crippen molar-refractivity contribution in [3.05, 3.63) is 24.3 Å². The Labute approximate surface area is 124 Å². The topological polar surface area (TPSA) is 0 Å². The van der Waals surface area contributed by atoms with E-state index >= 15 is 0 Å². The van der Waals surface area contributed by atoms with Gasteiger partial charge < -0.3 is 0 Å². The second-order valence-corrected chi connectivity index (χ2v) is 8.61. The van der Waals surface area contributed by atoms with Crippen molar-refractivity contribution in [1.82, 2.24) is 0 Å². The fourth-order valence-electron chi connectivity index (χ4n) is 6.32. The summed E-state index contributed by atoms with van der Waals surface area (Å²) in [5.74, 6) is 3.43. The molecule has 1 spiro atoms. The first kappa shape index (κ1) is 13.2. The van der Waals surface area contributed by atoms with Crippen LogP contribution in [0.25, 0.3) is 0 Å². The maximum Gasteiger partial charge on any atom is -0.00471 e. The molecule has 0 saturated heterocycles. The van der Waals surface area contributed by atoms with Gasteiger partial charge in [0.2, 0.25) is 0 Å². The summed E-state index contributed by atoms with van der Waals surface area (Å²) < 4.78 is 0. The summed E-state index contributed by atoms with van der Waals surface area (Å²) >= 11 is 0. The molecular weight excluding hydrogens is 240 g/mol.